The van der Waals surface area contributed by atoms with Crippen LogP contribution < -0.4 is 10.8 Å². The summed E-state index contributed by atoms with van der Waals surface area (Å²) in [4.78, 5) is 10.4. The zero-order valence-electron chi connectivity index (χ0n) is 7.71. The summed E-state index contributed by atoms with van der Waals surface area (Å²) >= 11 is 0. The molecule has 0 atom stereocenters. The molecule has 5 nitrogen and oxygen atoms in total. The Morgan fingerprint density at radius 1 is 1.29 bits per heavy atom. The largest absolute Gasteiger partial charge is 0.566 e. The molecule has 2 rings (SSSR count). The zero-order valence-corrected chi connectivity index (χ0v) is 7.71. The Morgan fingerprint density at radius 2 is 1.93 bits per heavy atom. The number of aromatic nitrogens is 1. The predicted octanol–water partition coefficient (Wildman–Crippen LogP) is 0.802. The van der Waals surface area contributed by atoms with Gasteiger partial charge in [0, 0.05) is 7.05 Å². The number of hydrogen-bond donors (Lipinski definition) is 0. The summed E-state index contributed by atoms with van der Waals surface area (Å²) in [6.07, 6.45) is 0. The van der Waals surface area contributed by atoms with E-state index in [4.69, 9.17) is 0 Å². The summed E-state index contributed by atoms with van der Waals surface area (Å²) in [5.41, 5.74) is 1.11. The molecule has 74 valence electrons. The van der Waals surface area contributed by atoms with Gasteiger partial charge in [-0.1, -0.05) is 30.3 Å². The van der Waals surface area contributed by atoms with Gasteiger partial charge in [0.15, 0.2) is 0 Å². The van der Waals surface area contributed by atoms with Crippen molar-refractivity contribution in [2.45, 2.75) is 6.54 Å². The fourth-order valence-corrected chi connectivity index (χ4v) is 1.18. The highest BCUT2D eigenvalue weighted by Gasteiger charge is 2.08. The van der Waals surface area contributed by atoms with Gasteiger partial charge in [0.25, 0.3) is 0 Å². The second-order valence-corrected chi connectivity index (χ2v) is 2.97. The van der Waals surface area contributed by atoms with Crippen molar-refractivity contribution in [1.29, 1.82) is 0 Å². The summed E-state index contributed by atoms with van der Waals surface area (Å²) < 4.78 is 9.14. The van der Waals surface area contributed by atoms with Crippen molar-refractivity contribution in [3.8, 4) is 0 Å². The Hall–Kier alpha value is -1.91. The van der Waals surface area contributed by atoms with Crippen molar-refractivity contribution in [2.24, 2.45) is 0 Å². The first-order valence-electron chi connectivity index (χ1n) is 4.21. The molecule has 1 heterocycles. The molecule has 0 spiro atoms. The zero-order chi connectivity index (χ0) is 9.97. The molecular formula is C9H10N2O3. The standard InChI is InChI=1S/C9H10N2O3/c1-10(11-13-9(12)14-11)7-8-5-3-2-4-6-8/h2-6H,7H2,1H3. The first-order chi connectivity index (χ1) is 6.75. The maximum atomic E-state index is 10.4. The van der Waals surface area contributed by atoms with Gasteiger partial charge in [0.2, 0.25) is 0 Å². The van der Waals surface area contributed by atoms with Crippen molar-refractivity contribution < 1.29 is 9.05 Å². The van der Waals surface area contributed by atoms with Crippen molar-refractivity contribution in [3.63, 3.8) is 0 Å². The molecule has 0 unspecified atom stereocenters. The highest BCUT2D eigenvalue weighted by atomic mass is 16.9. The van der Waals surface area contributed by atoms with E-state index in [0.29, 0.717) is 6.54 Å². The van der Waals surface area contributed by atoms with Crippen LogP contribution >= 0.6 is 0 Å². The molecule has 2 aromatic rings. The van der Waals surface area contributed by atoms with Crippen molar-refractivity contribution in [1.82, 2.24) is 5.02 Å². The molecule has 5 heteroatoms. The maximum absolute atomic E-state index is 10.4. The maximum Gasteiger partial charge on any atom is 0.566 e. The SMILES string of the molecule is CN(Cc1ccccc1)n1oc(=O)o1. The van der Waals surface area contributed by atoms with Crippen LogP contribution in [0.15, 0.2) is 44.2 Å². The molecular weight excluding hydrogens is 184 g/mol. The van der Waals surface area contributed by atoms with E-state index in [2.05, 4.69) is 9.05 Å². The van der Waals surface area contributed by atoms with E-state index in [0.717, 1.165) is 10.6 Å². The van der Waals surface area contributed by atoms with Crippen LogP contribution in [-0.4, -0.2) is 12.1 Å². The second-order valence-electron chi connectivity index (χ2n) is 2.97. The minimum Gasteiger partial charge on any atom is -0.252 e. The first kappa shape index (κ1) is 8.68. The Balaban J connectivity index is 2.03. The van der Waals surface area contributed by atoms with Gasteiger partial charge in [-0.05, 0) is 5.56 Å². The average molecular weight is 194 g/mol. The van der Waals surface area contributed by atoms with Gasteiger partial charge in [0.05, 0.1) is 11.6 Å². The molecule has 0 aliphatic heterocycles. The summed E-state index contributed by atoms with van der Waals surface area (Å²) in [6.45, 7) is 0.619. The summed E-state index contributed by atoms with van der Waals surface area (Å²) in [6, 6.07) is 9.82. The van der Waals surface area contributed by atoms with Gasteiger partial charge >= 0.3 is 5.82 Å². The smallest absolute Gasteiger partial charge is 0.252 e. The van der Waals surface area contributed by atoms with Crippen LogP contribution in [0.4, 0.5) is 0 Å². The lowest BCUT2D eigenvalue weighted by molar-refractivity contribution is -0.0871. The van der Waals surface area contributed by atoms with Crippen LogP contribution in [-0.2, 0) is 6.54 Å². The van der Waals surface area contributed by atoms with Crippen LogP contribution in [0.2, 0.25) is 0 Å². The Kier molecular flexibility index (Phi) is 2.14. The van der Waals surface area contributed by atoms with Crippen LogP contribution in [0.1, 0.15) is 5.56 Å². The Bertz CT molecular complexity index is 425. The van der Waals surface area contributed by atoms with Gasteiger partial charge in [-0.25, -0.2) is 0 Å². The van der Waals surface area contributed by atoms with E-state index < -0.39 is 5.82 Å². The molecule has 0 saturated heterocycles. The van der Waals surface area contributed by atoms with Gasteiger partial charge < -0.3 is 0 Å². The number of benzene rings is 1. The second kappa shape index (κ2) is 3.45. The molecule has 1 aromatic carbocycles. The van der Waals surface area contributed by atoms with Crippen molar-refractivity contribution >= 4 is 0 Å². The topological polar surface area (TPSA) is 51.5 Å². The molecule has 0 amide bonds. The Labute approximate surface area is 80.0 Å². The van der Waals surface area contributed by atoms with E-state index in [1.807, 2.05) is 30.3 Å². The average Bonchev–Trinajstić information content (AvgIpc) is 2.14. The first-order valence-corrected chi connectivity index (χ1v) is 4.21. The summed E-state index contributed by atoms with van der Waals surface area (Å²) in [5.74, 6) is -0.676. The fourth-order valence-electron chi connectivity index (χ4n) is 1.18. The van der Waals surface area contributed by atoms with Gasteiger partial charge in [-0.3, -0.25) is 14.1 Å². The molecule has 0 aliphatic rings. The number of hydrogen-bond acceptors (Lipinski definition) is 4. The minimum atomic E-state index is -0.676. The number of rotatable bonds is 3. The van der Waals surface area contributed by atoms with Crippen LogP contribution in [0, 0.1) is 0 Å². The molecule has 0 fully saturated rings. The molecule has 0 aliphatic carbocycles. The van der Waals surface area contributed by atoms with Crippen molar-refractivity contribution in [2.75, 3.05) is 12.1 Å². The van der Waals surface area contributed by atoms with Gasteiger partial charge in [-0.2, -0.15) is 4.79 Å². The molecule has 14 heavy (non-hydrogen) atoms. The lowest BCUT2D eigenvalue weighted by atomic mass is 10.2. The lowest BCUT2D eigenvalue weighted by Gasteiger charge is -2.17. The predicted molar refractivity (Wildman–Crippen MR) is 49.5 cm³/mol. The minimum absolute atomic E-state index is 0.619. The fraction of sp³-hybridized carbons (Fsp3) is 0.222. The lowest BCUT2D eigenvalue weighted by Crippen LogP contribution is -2.35. The van der Waals surface area contributed by atoms with E-state index in [1.54, 1.807) is 12.1 Å². The highest BCUT2D eigenvalue weighted by Crippen LogP contribution is 2.01. The normalized spacial score (nSPS) is 10.4. The quantitative estimate of drug-likeness (QED) is 0.725. The summed E-state index contributed by atoms with van der Waals surface area (Å²) in [7, 11) is 1.76. The third-order valence-electron chi connectivity index (χ3n) is 1.84. The highest BCUT2D eigenvalue weighted by molar-refractivity contribution is 5.15. The van der Waals surface area contributed by atoms with Gasteiger partial charge in [-0.15, -0.1) is 0 Å². The molecule has 1 aromatic heterocycles. The van der Waals surface area contributed by atoms with Crippen LogP contribution in [0.25, 0.3) is 0 Å². The van der Waals surface area contributed by atoms with E-state index in [1.165, 1.54) is 0 Å². The van der Waals surface area contributed by atoms with Crippen LogP contribution in [0.3, 0.4) is 0 Å². The Morgan fingerprint density at radius 3 is 2.50 bits per heavy atom. The van der Waals surface area contributed by atoms with Gasteiger partial charge in [0.1, 0.15) is 0 Å². The molecule has 0 radical (unpaired) electrons. The summed E-state index contributed by atoms with van der Waals surface area (Å²) in [5, 5.41) is 2.70. The van der Waals surface area contributed by atoms with E-state index in [9.17, 15) is 4.79 Å². The van der Waals surface area contributed by atoms with Crippen LogP contribution in [0.5, 0.6) is 0 Å². The monoisotopic (exact) mass is 194 g/mol. The third-order valence-corrected chi connectivity index (χ3v) is 1.84. The molecule has 0 bridgehead atoms. The van der Waals surface area contributed by atoms with Crippen molar-refractivity contribution in [3.05, 3.63) is 46.5 Å². The van der Waals surface area contributed by atoms with E-state index in [-0.39, 0.29) is 0 Å². The third kappa shape index (κ3) is 1.71. The molecule has 0 N–H and O–H groups in total. The van der Waals surface area contributed by atoms with E-state index >= 15 is 0 Å². The number of nitrogens with zero attached hydrogens (tertiary/aromatic N) is 2. The molecule has 0 saturated carbocycles.